The average molecular weight is 263 g/mol. The predicted molar refractivity (Wildman–Crippen MR) is 78.8 cm³/mol. The van der Waals surface area contributed by atoms with Gasteiger partial charge in [-0.05, 0) is 42.8 Å². The molecule has 98 valence electrons. The van der Waals surface area contributed by atoms with Crippen LogP contribution in [0.1, 0.15) is 5.56 Å². The molecule has 2 aromatic carbocycles. The molecule has 0 saturated carbocycles. The van der Waals surface area contributed by atoms with Gasteiger partial charge in [0.2, 0.25) is 0 Å². The lowest BCUT2D eigenvalue weighted by atomic mass is 10.2. The molecule has 1 aromatic heterocycles. The van der Waals surface area contributed by atoms with E-state index in [0.29, 0.717) is 11.5 Å². The maximum Gasteiger partial charge on any atom is 0.174 e. The Hall–Kier alpha value is -2.75. The first-order valence-corrected chi connectivity index (χ1v) is 6.29. The van der Waals surface area contributed by atoms with Gasteiger partial charge in [0.1, 0.15) is 11.4 Å². The number of phenols is 1. The summed E-state index contributed by atoms with van der Waals surface area (Å²) in [6.45, 7) is 1.94. The third kappa shape index (κ3) is 2.49. The van der Waals surface area contributed by atoms with Crippen molar-refractivity contribution in [2.24, 2.45) is 10.2 Å². The van der Waals surface area contributed by atoms with Crippen molar-refractivity contribution >= 4 is 22.4 Å². The summed E-state index contributed by atoms with van der Waals surface area (Å²) in [5.41, 5.74) is 2.33. The number of pyridine rings is 1. The number of rotatable bonds is 2. The second kappa shape index (κ2) is 5.09. The van der Waals surface area contributed by atoms with E-state index in [1.54, 1.807) is 18.2 Å². The van der Waals surface area contributed by atoms with E-state index in [9.17, 15) is 5.11 Å². The maximum atomic E-state index is 9.71. The van der Waals surface area contributed by atoms with Crippen LogP contribution >= 0.6 is 0 Å². The summed E-state index contributed by atoms with van der Waals surface area (Å²) in [7, 11) is 0. The molecule has 0 aliphatic rings. The molecule has 0 bridgehead atoms. The molecular formula is C16H13N3O. The minimum atomic E-state index is 0.111. The normalized spacial score (nSPS) is 11.2. The van der Waals surface area contributed by atoms with Gasteiger partial charge in [0.25, 0.3) is 0 Å². The van der Waals surface area contributed by atoms with E-state index >= 15 is 0 Å². The topological polar surface area (TPSA) is 57.8 Å². The van der Waals surface area contributed by atoms with Crippen LogP contribution in [0.3, 0.4) is 0 Å². The summed E-state index contributed by atoms with van der Waals surface area (Å²) in [6, 6.07) is 16.8. The average Bonchev–Trinajstić information content (AvgIpc) is 2.48. The summed E-state index contributed by atoms with van der Waals surface area (Å²) in [5.74, 6) is 0.629. The fraction of sp³-hybridized carbons (Fsp3) is 0.0625. The SMILES string of the molecule is Cc1ccc(O)c(N=Nc2ccc3ccccc3n2)c1. The lowest BCUT2D eigenvalue weighted by Crippen LogP contribution is -1.78. The lowest BCUT2D eigenvalue weighted by Gasteiger charge is -2.00. The van der Waals surface area contributed by atoms with Crippen LogP contribution in [0.15, 0.2) is 64.8 Å². The van der Waals surface area contributed by atoms with E-state index < -0.39 is 0 Å². The van der Waals surface area contributed by atoms with Gasteiger partial charge in [-0.2, -0.15) is 0 Å². The second-order valence-corrected chi connectivity index (χ2v) is 4.55. The molecule has 0 atom stereocenters. The van der Waals surface area contributed by atoms with Crippen molar-refractivity contribution in [1.82, 2.24) is 4.98 Å². The summed E-state index contributed by atoms with van der Waals surface area (Å²) < 4.78 is 0. The van der Waals surface area contributed by atoms with Crippen LogP contribution in [0, 0.1) is 6.92 Å². The quantitative estimate of drug-likeness (QED) is 0.683. The Bertz CT molecular complexity index is 797. The predicted octanol–water partition coefficient (Wildman–Crippen LogP) is 4.66. The van der Waals surface area contributed by atoms with Gasteiger partial charge in [-0.15, -0.1) is 10.2 Å². The van der Waals surface area contributed by atoms with Gasteiger partial charge >= 0.3 is 0 Å². The van der Waals surface area contributed by atoms with E-state index in [-0.39, 0.29) is 5.75 Å². The molecule has 0 amide bonds. The summed E-state index contributed by atoms with van der Waals surface area (Å²) in [6.07, 6.45) is 0. The zero-order valence-corrected chi connectivity index (χ0v) is 11.0. The number of fused-ring (bicyclic) bond motifs is 1. The van der Waals surface area contributed by atoms with Crippen molar-refractivity contribution in [1.29, 1.82) is 0 Å². The molecule has 0 saturated heterocycles. The van der Waals surface area contributed by atoms with Gasteiger partial charge in [-0.3, -0.25) is 0 Å². The summed E-state index contributed by atoms with van der Waals surface area (Å²) in [4.78, 5) is 4.40. The molecule has 4 heteroatoms. The van der Waals surface area contributed by atoms with Crippen molar-refractivity contribution < 1.29 is 5.11 Å². The Balaban J connectivity index is 1.96. The molecule has 0 aliphatic heterocycles. The van der Waals surface area contributed by atoms with Gasteiger partial charge in [0.05, 0.1) is 5.52 Å². The number of benzene rings is 2. The van der Waals surface area contributed by atoms with Gasteiger partial charge < -0.3 is 5.11 Å². The number of phenolic OH excluding ortho intramolecular Hbond substituents is 1. The first-order valence-electron chi connectivity index (χ1n) is 6.29. The molecule has 4 nitrogen and oxygen atoms in total. The summed E-state index contributed by atoms with van der Waals surface area (Å²) in [5, 5.41) is 18.9. The Morgan fingerprint density at radius 3 is 2.70 bits per heavy atom. The molecule has 3 rings (SSSR count). The number of aromatic hydroxyl groups is 1. The van der Waals surface area contributed by atoms with Crippen LogP contribution < -0.4 is 0 Å². The van der Waals surface area contributed by atoms with E-state index in [2.05, 4.69) is 15.2 Å². The molecule has 3 aromatic rings. The van der Waals surface area contributed by atoms with Crippen molar-refractivity contribution in [3.8, 4) is 5.75 Å². The monoisotopic (exact) mass is 263 g/mol. The fourth-order valence-corrected chi connectivity index (χ4v) is 1.93. The highest BCUT2D eigenvalue weighted by molar-refractivity contribution is 5.79. The van der Waals surface area contributed by atoms with Crippen molar-refractivity contribution in [3.63, 3.8) is 0 Å². The van der Waals surface area contributed by atoms with Crippen molar-refractivity contribution in [2.75, 3.05) is 0 Å². The van der Waals surface area contributed by atoms with Crippen molar-refractivity contribution in [2.45, 2.75) is 6.92 Å². The zero-order valence-electron chi connectivity index (χ0n) is 11.0. The number of aromatic nitrogens is 1. The Labute approximate surface area is 116 Å². The number of nitrogens with zero attached hydrogens (tertiary/aromatic N) is 3. The van der Waals surface area contributed by atoms with Crippen LogP contribution in [0.5, 0.6) is 5.75 Å². The standard InChI is InChI=1S/C16H13N3O/c1-11-6-8-15(20)14(10-11)18-19-16-9-7-12-4-2-3-5-13(12)17-16/h2-10,20H,1H3. The highest BCUT2D eigenvalue weighted by atomic mass is 16.3. The Kier molecular flexibility index (Phi) is 3.13. The first-order chi connectivity index (χ1) is 9.72. The minimum Gasteiger partial charge on any atom is -0.506 e. The molecule has 1 heterocycles. The van der Waals surface area contributed by atoms with Gasteiger partial charge in [-0.25, -0.2) is 4.98 Å². The van der Waals surface area contributed by atoms with Crippen LogP contribution in [-0.2, 0) is 0 Å². The molecule has 0 aliphatic carbocycles. The van der Waals surface area contributed by atoms with E-state index in [0.717, 1.165) is 16.5 Å². The third-order valence-electron chi connectivity index (χ3n) is 2.97. The van der Waals surface area contributed by atoms with E-state index in [1.165, 1.54) is 0 Å². The number of hydrogen-bond donors (Lipinski definition) is 1. The second-order valence-electron chi connectivity index (χ2n) is 4.55. The van der Waals surface area contributed by atoms with E-state index in [1.807, 2.05) is 43.3 Å². The molecule has 1 N–H and O–H groups in total. The zero-order chi connectivity index (χ0) is 13.9. The Morgan fingerprint density at radius 1 is 0.950 bits per heavy atom. The van der Waals surface area contributed by atoms with Gasteiger partial charge in [0, 0.05) is 5.39 Å². The van der Waals surface area contributed by atoms with Crippen LogP contribution in [0.4, 0.5) is 11.5 Å². The van der Waals surface area contributed by atoms with Gasteiger partial charge in [-0.1, -0.05) is 24.3 Å². The Morgan fingerprint density at radius 2 is 1.80 bits per heavy atom. The number of para-hydroxylation sites is 1. The van der Waals surface area contributed by atoms with Gasteiger partial charge in [0.15, 0.2) is 5.82 Å². The highest BCUT2D eigenvalue weighted by Crippen LogP contribution is 2.28. The van der Waals surface area contributed by atoms with Crippen LogP contribution in [0.25, 0.3) is 10.9 Å². The molecule has 0 unspecified atom stereocenters. The highest BCUT2D eigenvalue weighted by Gasteiger charge is 2.00. The lowest BCUT2D eigenvalue weighted by molar-refractivity contribution is 0.476. The largest absolute Gasteiger partial charge is 0.506 e. The molecule has 20 heavy (non-hydrogen) atoms. The first kappa shape index (κ1) is 12.3. The summed E-state index contributed by atoms with van der Waals surface area (Å²) >= 11 is 0. The number of azo groups is 1. The minimum absolute atomic E-state index is 0.111. The fourth-order valence-electron chi connectivity index (χ4n) is 1.93. The van der Waals surface area contributed by atoms with Crippen LogP contribution in [0.2, 0.25) is 0 Å². The molecule has 0 spiro atoms. The smallest absolute Gasteiger partial charge is 0.174 e. The molecular weight excluding hydrogens is 250 g/mol. The third-order valence-corrected chi connectivity index (χ3v) is 2.97. The van der Waals surface area contributed by atoms with Crippen LogP contribution in [-0.4, -0.2) is 10.1 Å². The van der Waals surface area contributed by atoms with Crippen molar-refractivity contribution in [3.05, 3.63) is 60.2 Å². The number of hydrogen-bond acceptors (Lipinski definition) is 4. The molecule has 0 radical (unpaired) electrons. The molecule has 0 fully saturated rings. The maximum absolute atomic E-state index is 9.71. The van der Waals surface area contributed by atoms with E-state index in [4.69, 9.17) is 0 Å². The number of aryl methyl sites for hydroxylation is 1.